The molecule has 0 N–H and O–H groups in total. The second-order valence-electron chi connectivity index (χ2n) is 2.89. The second-order valence-corrected chi connectivity index (χ2v) is 3.30. The van der Waals surface area contributed by atoms with Crippen molar-refractivity contribution in [2.45, 2.75) is 20.3 Å². The molecule has 1 aromatic rings. The van der Waals surface area contributed by atoms with Crippen molar-refractivity contribution in [3.8, 4) is 0 Å². The van der Waals surface area contributed by atoms with Crippen molar-refractivity contribution < 1.29 is 4.39 Å². The van der Waals surface area contributed by atoms with E-state index in [-0.39, 0.29) is 5.82 Å². The molecule has 0 aliphatic rings. The molecule has 0 unspecified atom stereocenters. The average Bonchev–Trinajstić information content (AvgIpc) is 2.04. The summed E-state index contributed by atoms with van der Waals surface area (Å²) in [6.07, 6.45) is 2.85. The van der Waals surface area contributed by atoms with Crippen LogP contribution in [0.4, 0.5) is 4.39 Å². The van der Waals surface area contributed by atoms with E-state index in [4.69, 9.17) is 11.6 Å². The Labute approximate surface area is 83.0 Å². The summed E-state index contributed by atoms with van der Waals surface area (Å²) in [5, 5.41) is 0.474. The molecule has 13 heavy (non-hydrogen) atoms. The van der Waals surface area contributed by atoms with Crippen LogP contribution in [0.1, 0.15) is 25.8 Å². The van der Waals surface area contributed by atoms with Crippen molar-refractivity contribution in [3.05, 3.63) is 40.7 Å². The van der Waals surface area contributed by atoms with Crippen molar-refractivity contribution >= 4 is 17.2 Å². The lowest BCUT2D eigenvalue weighted by molar-refractivity contribution is 0.624. The number of allylic oxidation sites excluding steroid dienone is 2. The maximum Gasteiger partial charge on any atom is 0.132 e. The van der Waals surface area contributed by atoms with Gasteiger partial charge in [-0.05, 0) is 31.1 Å². The molecule has 2 heteroatoms. The van der Waals surface area contributed by atoms with Crippen molar-refractivity contribution in [1.29, 1.82) is 0 Å². The molecule has 0 heterocycles. The quantitative estimate of drug-likeness (QED) is 0.665. The third-order valence-electron chi connectivity index (χ3n) is 1.87. The lowest BCUT2D eigenvalue weighted by Gasteiger charge is -2.05. The summed E-state index contributed by atoms with van der Waals surface area (Å²) in [5.74, 6) is -0.255. The van der Waals surface area contributed by atoms with E-state index < -0.39 is 0 Å². The molecular formula is C11H12ClF. The molecule has 0 saturated heterocycles. The first-order valence-electron chi connectivity index (χ1n) is 4.28. The third-order valence-corrected chi connectivity index (χ3v) is 2.18. The Morgan fingerprint density at radius 1 is 1.54 bits per heavy atom. The summed E-state index contributed by atoms with van der Waals surface area (Å²) in [6.45, 7) is 3.88. The van der Waals surface area contributed by atoms with Crippen LogP contribution < -0.4 is 0 Å². The normalized spacial score (nSPS) is 11.8. The van der Waals surface area contributed by atoms with E-state index in [9.17, 15) is 4.39 Å². The zero-order valence-electron chi connectivity index (χ0n) is 7.77. The van der Waals surface area contributed by atoms with Gasteiger partial charge in [0.25, 0.3) is 0 Å². The zero-order chi connectivity index (χ0) is 9.84. The standard InChI is InChI=1S/C11H12ClF/c1-3-5-8(2)11-9(12)6-4-7-10(11)13/h4-7H,3H2,1-2H3/b8-5+. The Balaban J connectivity index is 3.20. The van der Waals surface area contributed by atoms with E-state index in [1.807, 2.05) is 19.9 Å². The summed E-state index contributed by atoms with van der Waals surface area (Å²) in [6, 6.07) is 4.74. The summed E-state index contributed by atoms with van der Waals surface area (Å²) >= 11 is 5.88. The number of halogens is 2. The van der Waals surface area contributed by atoms with Crippen LogP contribution in [0.15, 0.2) is 24.3 Å². The highest BCUT2D eigenvalue weighted by molar-refractivity contribution is 6.32. The van der Waals surface area contributed by atoms with Crippen molar-refractivity contribution in [2.24, 2.45) is 0 Å². The van der Waals surface area contributed by atoms with E-state index in [1.165, 1.54) is 6.07 Å². The fourth-order valence-corrected chi connectivity index (χ4v) is 1.59. The molecule has 0 spiro atoms. The minimum absolute atomic E-state index is 0.255. The van der Waals surface area contributed by atoms with Crippen LogP contribution in [0.2, 0.25) is 5.02 Å². The fourth-order valence-electron chi connectivity index (χ4n) is 1.28. The van der Waals surface area contributed by atoms with Gasteiger partial charge in [0, 0.05) is 5.56 Å². The average molecular weight is 199 g/mol. The molecule has 0 aromatic heterocycles. The fraction of sp³-hybridized carbons (Fsp3) is 0.273. The highest BCUT2D eigenvalue weighted by atomic mass is 35.5. The molecule has 1 aromatic carbocycles. The van der Waals surface area contributed by atoms with Crippen molar-refractivity contribution in [2.75, 3.05) is 0 Å². The Bertz CT molecular complexity index is 309. The highest BCUT2D eigenvalue weighted by Crippen LogP contribution is 2.26. The Morgan fingerprint density at radius 2 is 2.23 bits per heavy atom. The number of rotatable bonds is 2. The number of hydrogen-bond acceptors (Lipinski definition) is 0. The molecule has 0 aliphatic carbocycles. The molecule has 0 saturated carbocycles. The zero-order valence-corrected chi connectivity index (χ0v) is 8.53. The van der Waals surface area contributed by atoms with Gasteiger partial charge in [0.2, 0.25) is 0 Å². The molecule has 0 amide bonds. The summed E-state index contributed by atoms with van der Waals surface area (Å²) in [5.41, 5.74) is 1.41. The Morgan fingerprint density at radius 3 is 2.77 bits per heavy atom. The SMILES string of the molecule is CC/C=C(\C)c1c(F)cccc1Cl. The van der Waals surface area contributed by atoms with Crippen LogP contribution in [-0.4, -0.2) is 0 Å². The van der Waals surface area contributed by atoms with Gasteiger partial charge in [0.15, 0.2) is 0 Å². The van der Waals surface area contributed by atoms with Gasteiger partial charge < -0.3 is 0 Å². The van der Waals surface area contributed by atoms with E-state index in [0.29, 0.717) is 10.6 Å². The van der Waals surface area contributed by atoms with E-state index in [1.54, 1.807) is 12.1 Å². The van der Waals surface area contributed by atoms with Crippen LogP contribution in [0.25, 0.3) is 5.57 Å². The maximum atomic E-state index is 13.3. The summed E-state index contributed by atoms with van der Waals surface area (Å²) in [7, 11) is 0. The molecule has 0 atom stereocenters. The summed E-state index contributed by atoms with van der Waals surface area (Å²) in [4.78, 5) is 0. The lowest BCUT2D eigenvalue weighted by Crippen LogP contribution is -1.87. The smallest absolute Gasteiger partial charge is 0.132 e. The van der Waals surface area contributed by atoms with Gasteiger partial charge in [-0.1, -0.05) is 30.7 Å². The Hall–Kier alpha value is -0.820. The minimum Gasteiger partial charge on any atom is -0.206 e. The molecule has 0 nitrogen and oxygen atoms in total. The molecule has 0 aliphatic heterocycles. The number of hydrogen-bond donors (Lipinski definition) is 0. The van der Waals surface area contributed by atoms with E-state index in [2.05, 4.69) is 0 Å². The van der Waals surface area contributed by atoms with Gasteiger partial charge in [0.1, 0.15) is 5.82 Å². The topological polar surface area (TPSA) is 0 Å². The lowest BCUT2D eigenvalue weighted by atomic mass is 10.1. The molecule has 0 bridgehead atoms. The largest absolute Gasteiger partial charge is 0.206 e. The van der Waals surface area contributed by atoms with Gasteiger partial charge in [-0.25, -0.2) is 4.39 Å². The molecular weight excluding hydrogens is 187 g/mol. The maximum absolute atomic E-state index is 13.3. The predicted octanol–water partition coefficient (Wildman–Crippen LogP) is 4.29. The van der Waals surface area contributed by atoms with Gasteiger partial charge in [-0.2, -0.15) is 0 Å². The van der Waals surface area contributed by atoms with Gasteiger partial charge in [-0.3, -0.25) is 0 Å². The Kier molecular flexibility index (Phi) is 3.49. The van der Waals surface area contributed by atoms with E-state index >= 15 is 0 Å². The number of benzene rings is 1. The van der Waals surface area contributed by atoms with E-state index in [0.717, 1.165) is 12.0 Å². The summed E-state index contributed by atoms with van der Waals surface area (Å²) < 4.78 is 13.3. The first kappa shape index (κ1) is 10.3. The third kappa shape index (κ3) is 2.31. The molecule has 0 radical (unpaired) electrons. The van der Waals surface area contributed by atoms with Gasteiger partial charge >= 0.3 is 0 Å². The van der Waals surface area contributed by atoms with Gasteiger partial charge in [-0.15, -0.1) is 0 Å². The van der Waals surface area contributed by atoms with Crippen LogP contribution in [-0.2, 0) is 0 Å². The second kappa shape index (κ2) is 4.43. The van der Waals surface area contributed by atoms with Gasteiger partial charge in [0.05, 0.1) is 5.02 Å². The molecule has 0 fully saturated rings. The van der Waals surface area contributed by atoms with Crippen LogP contribution in [0, 0.1) is 5.82 Å². The first-order valence-corrected chi connectivity index (χ1v) is 4.65. The van der Waals surface area contributed by atoms with Crippen LogP contribution in [0.3, 0.4) is 0 Å². The predicted molar refractivity (Wildman–Crippen MR) is 55.4 cm³/mol. The highest BCUT2D eigenvalue weighted by Gasteiger charge is 2.07. The van der Waals surface area contributed by atoms with Crippen LogP contribution in [0.5, 0.6) is 0 Å². The minimum atomic E-state index is -0.255. The van der Waals surface area contributed by atoms with Crippen molar-refractivity contribution in [3.63, 3.8) is 0 Å². The molecule has 1 rings (SSSR count). The molecule has 70 valence electrons. The monoisotopic (exact) mass is 198 g/mol. The first-order chi connectivity index (χ1) is 6.16. The van der Waals surface area contributed by atoms with Crippen LogP contribution >= 0.6 is 11.6 Å². The van der Waals surface area contributed by atoms with Crippen molar-refractivity contribution in [1.82, 2.24) is 0 Å².